The molecular weight excluding hydrogens is 241 g/mol. The molecular formula is C16H24FNO. The number of ether oxygens (including phenoxy) is 1. The van der Waals surface area contributed by atoms with E-state index in [9.17, 15) is 4.39 Å². The van der Waals surface area contributed by atoms with Crippen molar-refractivity contribution in [2.45, 2.75) is 52.1 Å². The molecule has 106 valence electrons. The molecule has 1 aliphatic carbocycles. The lowest BCUT2D eigenvalue weighted by Crippen LogP contribution is -2.15. The van der Waals surface area contributed by atoms with Crippen molar-refractivity contribution < 1.29 is 9.13 Å². The fraction of sp³-hybridized carbons (Fsp3) is 0.625. The average molecular weight is 265 g/mol. The highest BCUT2D eigenvalue weighted by atomic mass is 19.1. The molecule has 0 radical (unpaired) electrons. The van der Waals surface area contributed by atoms with Crippen LogP contribution in [0.3, 0.4) is 0 Å². The number of halogens is 1. The van der Waals surface area contributed by atoms with Gasteiger partial charge in [0.1, 0.15) is 11.6 Å². The molecule has 1 aromatic rings. The molecule has 19 heavy (non-hydrogen) atoms. The fourth-order valence-corrected chi connectivity index (χ4v) is 2.09. The Kier molecular flexibility index (Phi) is 5.20. The molecule has 1 N–H and O–H groups in total. The fourth-order valence-electron chi connectivity index (χ4n) is 2.09. The largest absolute Gasteiger partial charge is 0.493 e. The summed E-state index contributed by atoms with van der Waals surface area (Å²) in [5.41, 5.74) is 0.964. The van der Waals surface area contributed by atoms with E-state index >= 15 is 0 Å². The van der Waals surface area contributed by atoms with Gasteiger partial charge in [-0.3, -0.25) is 0 Å². The molecule has 3 heteroatoms. The molecule has 0 spiro atoms. The smallest absolute Gasteiger partial charge is 0.127 e. The first-order valence-electron chi connectivity index (χ1n) is 7.37. The van der Waals surface area contributed by atoms with Crippen molar-refractivity contribution in [2.24, 2.45) is 5.92 Å². The Balaban J connectivity index is 1.90. The Hall–Kier alpha value is -1.09. The summed E-state index contributed by atoms with van der Waals surface area (Å²) in [7, 11) is 0. The molecule has 0 saturated heterocycles. The summed E-state index contributed by atoms with van der Waals surface area (Å²) in [5.74, 6) is 0.991. The molecule has 0 atom stereocenters. The quantitative estimate of drug-likeness (QED) is 0.770. The van der Waals surface area contributed by atoms with Crippen LogP contribution < -0.4 is 10.1 Å². The summed E-state index contributed by atoms with van der Waals surface area (Å²) in [6.45, 7) is 5.72. The molecule has 2 rings (SSSR count). The predicted molar refractivity (Wildman–Crippen MR) is 75.8 cm³/mol. The number of hydrogen-bond acceptors (Lipinski definition) is 2. The molecule has 0 heterocycles. The van der Waals surface area contributed by atoms with Crippen molar-refractivity contribution in [3.05, 3.63) is 29.6 Å². The molecule has 1 fully saturated rings. The SMILES string of the molecule is CCC(CC)COc1cc(F)cc(CNC2CC2)c1. The minimum Gasteiger partial charge on any atom is -0.493 e. The summed E-state index contributed by atoms with van der Waals surface area (Å²) < 4.78 is 19.3. The molecule has 0 aromatic heterocycles. The zero-order valence-corrected chi connectivity index (χ0v) is 11.9. The van der Waals surface area contributed by atoms with Gasteiger partial charge in [-0.05, 0) is 36.5 Å². The Bertz CT molecular complexity index is 400. The molecule has 0 bridgehead atoms. The van der Waals surface area contributed by atoms with Gasteiger partial charge >= 0.3 is 0 Å². The van der Waals surface area contributed by atoms with Gasteiger partial charge in [-0.1, -0.05) is 26.7 Å². The third kappa shape index (κ3) is 4.83. The van der Waals surface area contributed by atoms with Crippen LogP contribution in [0.15, 0.2) is 18.2 Å². The monoisotopic (exact) mass is 265 g/mol. The van der Waals surface area contributed by atoms with Gasteiger partial charge in [0.2, 0.25) is 0 Å². The van der Waals surface area contributed by atoms with Gasteiger partial charge in [-0.2, -0.15) is 0 Å². The van der Waals surface area contributed by atoms with Crippen LogP contribution in [0.2, 0.25) is 0 Å². The van der Waals surface area contributed by atoms with Crippen LogP contribution in [0.25, 0.3) is 0 Å². The Morgan fingerprint density at radius 2 is 2.00 bits per heavy atom. The summed E-state index contributed by atoms with van der Waals surface area (Å²) in [6.07, 6.45) is 4.69. The maximum Gasteiger partial charge on any atom is 0.127 e. The minimum absolute atomic E-state index is 0.213. The average Bonchev–Trinajstić information content (AvgIpc) is 3.21. The second-order valence-corrected chi connectivity index (χ2v) is 5.44. The highest BCUT2D eigenvalue weighted by Gasteiger charge is 2.20. The Morgan fingerprint density at radius 3 is 2.63 bits per heavy atom. The molecule has 0 aliphatic heterocycles. The van der Waals surface area contributed by atoms with Crippen LogP contribution in [0.1, 0.15) is 45.1 Å². The summed E-state index contributed by atoms with van der Waals surface area (Å²) in [4.78, 5) is 0. The zero-order valence-electron chi connectivity index (χ0n) is 11.9. The lowest BCUT2D eigenvalue weighted by molar-refractivity contribution is 0.239. The number of rotatable bonds is 8. The van der Waals surface area contributed by atoms with Gasteiger partial charge < -0.3 is 10.1 Å². The van der Waals surface area contributed by atoms with Crippen molar-refractivity contribution in [3.63, 3.8) is 0 Å². The number of benzene rings is 1. The van der Waals surface area contributed by atoms with Crippen molar-refractivity contribution in [1.82, 2.24) is 5.32 Å². The molecule has 1 saturated carbocycles. The minimum atomic E-state index is -0.213. The van der Waals surface area contributed by atoms with E-state index in [0.29, 0.717) is 24.3 Å². The van der Waals surface area contributed by atoms with E-state index in [4.69, 9.17) is 4.74 Å². The third-order valence-electron chi connectivity index (χ3n) is 3.74. The van der Waals surface area contributed by atoms with Gasteiger partial charge in [0.15, 0.2) is 0 Å². The Morgan fingerprint density at radius 1 is 1.26 bits per heavy atom. The van der Waals surface area contributed by atoms with Crippen LogP contribution in [-0.4, -0.2) is 12.6 Å². The maximum absolute atomic E-state index is 13.5. The zero-order chi connectivity index (χ0) is 13.7. The first kappa shape index (κ1) is 14.3. The van der Waals surface area contributed by atoms with Crippen LogP contribution in [0.5, 0.6) is 5.75 Å². The normalized spacial score (nSPS) is 14.9. The van der Waals surface area contributed by atoms with E-state index in [0.717, 1.165) is 24.9 Å². The van der Waals surface area contributed by atoms with Crippen LogP contribution in [0.4, 0.5) is 4.39 Å². The van der Waals surface area contributed by atoms with Crippen molar-refractivity contribution >= 4 is 0 Å². The van der Waals surface area contributed by atoms with Gasteiger partial charge in [-0.15, -0.1) is 0 Å². The summed E-state index contributed by atoms with van der Waals surface area (Å²) >= 11 is 0. The van der Waals surface area contributed by atoms with E-state index in [1.165, 1.54) is 18.9 Å². The first-order chi connectivity index (χ1) is 9.21. The molecule has 1 aliphatic rings. The maximum atomic E-state index is 13.5. The van der Waals surface area contributed by atoms with E-state index in [1.54, 1.807) is 6.07 Å². The standard InChI is InChI=1S/C16H24FNO/c1-3-12(4-2)11-19-16-8-13(7-14(17)9-16)10-18-15-5-6-15/h7-9,12,15,18H,3-6,10-11H2,1-2H3. The van der Waals surface area contributed by atoms with Crippen LogP contribution >= 0.6 is 0 Å². The van der Waals surface area contributed by atoms with Crippen LogP contribution in [-0.2, 0) is 6.54 Å². The van der Waals surface area contributed by atoms with Crippen molar-refractivity contribution in [2.75, 3.05) is 6.61 Å². The van der Waals surface area contributed by atoms with E-state index in [1.807, 2.05) is 6.07 Å². The predicted octanol–water partition coefficient (Wildman–Crippen LogP) is 3.89. The number of hydrogen-bond donors (Lipinski definition) is 1. The lowest BCUT2D eigenvalue weighted by Gasteiger charge is -2.14. The van der Waals surface area contributed by atoms with E-state index in [2.05, 4.69) is 19.2 Å². The molecule has 2 nitrogen and oxygen atoms in total. The third-order valence-corrected chi connectivity index (χ3v) is 3.74. The highest BCUT2D eigenvalue weighted by molar-refractivity contribution is 5.29. The molecule has 1 aromatic carbocycles. The molecule has 0 unspecified atom stereocenters. The Labute approximate surface area is 115 Å². The van der Waals surface area contributed by atoms with Crippen molar-refractivity contribution in [1.29, 1.82) is 0 Å². The van der Waals surface area contributed by atoms with Gasteiger partial charge in [0.25, 0.3) is 0 Å². The van der Waals surface area contributed by atoms with Gasteiger partial charge in [0, 0.05) is 18.7 Å². The first-order valence-corrected chi connectivity index (χ1v) is 7.37. The van der Waals surface area contributed by atoms with Gasteiger partial charge in [0.05, 0.1) is 6.61 Å². The van der Waals surface area contributed by atoms with Crippen LogP contribution in [0, 0.1) is 11.7 Å². The highest BCUT2D eigenvalue weighted by Crippen LogP contribution is 2.22. The number of nitrogens with one attached hydrogen (secondary N) is 1. The van der Waals surface area contributed by atoms with Crippen molar-refractivity contribution in [3.8, 4) is 5.75 Å². The summed E-state index contributed by atoms with van der Waals surface area (Å²) in [6, 6.07) is 5.64. The summed E-state index contributed by atoms with van der Waals surface area (Å²) in [5, 5.41) is 3.39. The second-order valence-electron chi connectivity index (χ2n) is 5.44. The molecule has 0 amide bonds. The lowest BCUT2D eigenvalue weighted by atomic mass is 10.1. The van der Waals surface area contributed by atoms with E-state index < -0.39 is 0 Å². The van der Waals surface area contributed by atoms with E-state index in [-0.39, 0.29) is 5.82 Å². The topological polar surface area (TPSA) is 21.3 Å². The second kappa shape index (κ2) is 6.90. The van der Waals surface area contributed by atoms with Gasteiger partial charge in [-0.25, -0.2) is 4.39 Å².